The number of anilines is 2. The van der Waals surface area contributed by atoms with Crippen LogP contribution in [0.25, 0.3) is 0 Å². The Bertz CT molecular complexity index is 705. The molecule has 21 heavy (non-hydrogen) atoms. The largest absolute Gasteiger partial charge is 0.330 e. The first kappa shape index (κ1) is 16.7. The van der Waals surface area contributed by atoms with Crippen LogP contribution in [-0.2, 0) is 10.0 Å². The molecule has 3 N–H and O–H groups in total. The number of sulfonamides is 1. The summed E-state index contributed by atoms with van der Waals surface area (Å²) >= 11 is 6.30. The molecule has 1 aromatic carbocycles. The third-order valence-electron chi connectivity index (χ3n) is 2.28. The third kappa shape index (κ3) is 6.30. The lowest BCUT2D eigenvalue weighted by Crippen LogP contribution is -2.16. The summed E-state index contributed by atoms with van der Waals surface area (Å²) in [4.78, 5) is 0. The van der Waals surface area contributed by atoms with Crippen molar-refractivity contribution in [3.8, 4) is 0 Å². The van der Waals surface area contributed by atoms with E-state index in [1.54, 1.807) is 0 Å². The average Bonchev–Trinajstić information content (AvgIpc) is 2.81. The smallest absolute Gasteiger partial charge is 0.210 e. The molecule has 0 fully saturated rings. The van der Waals surface area contributed by atoms with Crippen LogP contribution in [0.5, 0.6) is 0 Å². The first-order valence-corrected chi connectivity index (χ1v) is 10.2. The van der Waals surface area contributed by atoms with Gasteiger partial charge < -0.3 is 5.32 Å². The van der Waals surface area contributed by atoms with Crippen LogP contribution in [0.2, 0.25) is 0 Å². The van der Waals surface area contributed by atoms with Gasteiger partial charge >= 0.3 is 0 Å². The molecule has 0 bridgehead atoms. The van der Waals surface area contributed by atoms with Crippen LogP contribution in [0.15, 0.2) is 33.1 Å². The summed E-state index contributed by atoms with van der Waals surface area (Å²) in [5, 5.41) is 16.9. The topological polar surface area (TPSA) is 98.0 Å². The molecule has 6 nitrogen and oxygen atoms in total. The van der Waals surface area contributed by atoms with Crippen LogP contribution < -0.4 is 10.5 Å². The Kier molecular flexibility index (Phi) is 5.99. The maximum Gasteiger partial charge on any atom is 0.210 e. The predicted octanol–water partition coefficient (Wildman–Crippen LogP) is 2.81. The molecule has 0 radical (unpaired) electrons. The van der Waals surface area contributed by atoms with Crippen LogP contribution >= 0.6 is 39.0 Å². The van der Waals surface area contributed by atoms with E-state index < -0.39 is 10.0 Å². The Morgan fingerprint density at radius 1 is 1.38 bits per heavy atom. The minimum atomic E-state index is -3.38. The summed E-state index contributed by atoms with van der Waals surface area (Å²) in [6, 6.07) is 7.75. The standard InChI is InChI=1S/C11H13BrN4O2S3/c12-8-3-1-4-9(7-8)14-10-15-16-11(20-10)19-5-2-6-21(13,17)18/h1,3-4,7H,2,5-6H2,(H,14,15)(H2,13,17,18). The Morgan fingerprint density at radius 2 is 2.19 bits per heavy atom. The zero-order chi connectivity index (χ0) is 15.3. The molecule has 0 saturated heterocycles. The summed E-state index contributed by atoms with van der Waals surface area (Å²) in [6.45, 7) is 0. The molecular weight excluding hydrogens is 396 g/mol. The molecule has 114 valence electrons. The lowest BCUT2D eigenvalue weighted by atomic mass is 10.3. The fourth-order valence-corrected chi connectivity index (χ4v) is 4.34. The van der Waals surface area contributed by atoms with Crippen molar-refractivity contribution in [2.45, 2.75) is 10.8 Å². The number of hydrogen-bond acceptors (Lipinski definition) is 7. The molecule has 0 aliphatic heterocycles. The van der Waals surface area contributed by atoms with Gasteiger partial charge in [0.05, 0.1) is 5.75 Å². The third-order valence-corrected chi connectivity index (χ3v) is 5.69. The number of nitrogens with two attached hydrogens (primary N) is 1. The van der Waals surface area contributed by atoms with E-state index in [0.29, 0.717) is 17.3 Å². The normalized spacial score (nSPS) is 11.5. The highest BCUT2D eigenvalue weighted by Crippen LogP contribution is 2.28. The summed E-state index contributed by atoms with van der Waals surface area (Å²) < 4.78 is 23.4. The second-order valence-corrected chi connectivity index (χ2v) is 9.05. The van der Waals surface area contributed by atoms with E-state index in [1.807, 2.05) is 24.3 Å². The molecule has 1 aromatic heterocycles. The second-order valence-electron chi connectivity index (χ2n) is 4.08. The van der Waals surface area contributed by atoms with E-state index in [9.17, 15) is 8.42 Å². The molecule has 0 saturated carbocycles. The quantitative estimate of drug-likeness (QED) is 0.539. The molecule has 0 aliphatic rings. The number of halogens is 1. The Hall–Kier alpha value is -0.680. The maximum absolute atomic E-state index is 10.8. The number of hydrogen-bond donors (Lipinski definition) is 2. The second kappa shape index (κ2) is 7.54. The molecule has 0 atom stereocenters. The Labute approximate surface area is 139 Å². The monoisotopic (exact) mass is 408 g/mol. The number of nitrogens with zero attached hydrogens (tertiary/aromatic N) is 2. The van der Waals surface area contributed by atoms with E-state index in [-0.39, 0.29) is 5.75 Å². The fourth-order valence-electron chi connectivity index (χ4n) is 1.43. The van der Waals surface area contributed by atoms with Crippen molar-refractivity contribution in [3.63, 3.8) is 0 Å². The van der Waals surface area contributed by atoms with Gasteiger partial charge in [0.1, 0.15) is 0 Å². The van der Waals surface area contributed by atoms with Gasteiger partial charge in [0.25, 0.3) is 0 Å². The number of rotatable bonds is 7. The molecule has 1 heterocycles. The molecule has 10 heteroatoms. The number of primary sulfonamides is 1. The van der Waals surface area contributed by atoms with Gasteiger partial charge in [0.2, 0.25) is 15.2 Å². The SMILES string of the molecule is NS(=O)(=O)CCCSc1nnc(Nc2cccc(Br)c2)s1. The molecule has 2 rings (SSSR count). The first-order chi connectivity index (χ1) is 9.92. The van der Waals surface area contributed by atoms with Gasteiger partial charge in [-0.1, -0.05) is 45.1 Å². The van der Waals surface area contributed by atoms with E-state index in [4.69, 9.17) is 5.14 Å². The van der Waals surface area contributed by atoms with Gasteiger partial charge in [-0.3, -0.25) is 0 Å². The van der Waals surface area contributed by atoms with Crippen molar-refractivity contribution in [3.05, 3.63) is 28.7 Å². The summed E-state index contributed by atoms with van der Waals surface area (Å²) in [5.74, 6) is 0.629. The van der Waals surface area contributed by atoms with E-state index in [2.05, 4.69) is 31.4 Å². The van der Waals surface area contributed by atoms with Gasteiger partial charge in [-0.05, 0) is 24.6 Å². The minimum absolute atomic E-state index is 0.0120. The molecule has 0 aliphatic carbocycles. The predicted molar refractivity (Wildman–Crippen MR) is 90.6 cm³/mol. The highest BCUT2D eigenvalue weighted by Gasteiger charge is 2.07. The van der Waals surface area contributed by atoms with Gasteiger partial charge in [-0.15, -0.1) is 10.2 Å². The van der Waals surface area contributed by atoms with Crippen molar-refractivity contribution < 1.29 is 8.42 Å². The van der Waals surface area contributed by atoms with E-state index >= 15 is 0 Å². The molecular formula is C11H13BrN4O2S3. The lowest BCUT2D eigenvalue weighted by molar-refractivity contribution is 0.596. The Morgan fingerprint density at radius 3 is 2.90 bits per heavy atom. The Balaban J connectivity index is 1.84. The van der Waals surface area contributed by atoms with Gasteiger partial charge in [0, 0.05) is 15.9 Å². The highest BCUT2D eigenvalue weighted by molar-refractivity contribution is 9.10. The van der Waals surface area contributed by atoms with E-state index in [0.717, 1.165) is 14.5 Å². The molecule has 0 unspecified atom stereocenters. The van der Waals surface area contributed by atoms with Gasteiger partial charge in [-0.2, -0.15) is 0 Å². The van der Waals surface area contributed by atoms with Gasteiger partial charge in [-0.25, -0.2) is 13.6 Å². The van der Waals surface area contributed by atoms with Crippen molar-refractivity contribution in [1.29, 1.82) is 0 Å². The van der Waals surface area contributed by atoms with E-state index in [1.165, 1.54) is 23.1 Å². The molecule has 0 spiro atoms. The summed E-state index contributed by atoms with van der Waals surface area (Å²) in [5.41, 5.74) is 0.923. The summed E-state index contributed by atoms with van der Waals surface area (Å²) in [7, 11) is -3.38. The van der Waals surface area contributed by atoms with Crippen LogP contribution in [0.4, 0.5) is 10.8 Å². The van der Waals surface area contributed by atoms with Crippen LogP contribution in [0, 0.1) is 0 Å². The van der Waals surface area contributed by atoms with Crippen molar-refractivity contribution in [1.82, 2.24) is 10.2 Å². The van der Waals surface area contributed by atoms with Crippen molar-refractivity contribution >= 4 is 59.9 Å². The van der Waals surface area contributed by atoms with Crippen LogP contribution in [0.1, 0.15) is 6.42 Å². The number of nitrogens with one attached hydrogen (secondary N) is 1. The first-order valence-electron chi connectivity index (χ1n) is 5.92. The highest BCUT2D eigenvalue weighted by atomic mass is 79.9. The lowest BCUT2D eigenvalue weighted by Gasteiger charge is -2.01. The number of benzene rings is 1. The minimum Gasteiger partial charge on any atom is -0.330 e. The summed E-state index contributed by atoms with van der Waals surface area (Å²) in [6.07, 6.45) is 0.497. The number of thioether (sulfide) groups is 1. The molecule has 0 amide bonds. The molecule has 2 aromatic rings. The van der Waals surface area contributed by atoms with Crippen molar-refractivity contribution in [2.24, 2.45) is 5.14 Å². The maximum atomic E-state index is 10.8. The zero-order valence-electron chi connectivity index (χ0n) is 10.8. The fraction of sp³-hybridized carbons (Fsp3) is 0.273. The van der Waals surface area contributed by atoms with Crippen LogP contribution in [0.3, 0.4) is 0 Å². The average molecular weight is 409 g/mol. The number of aromatic nitrogens is 2. The van der Waals surface area contributed by atoms with Crippen molar-refractivity contribution in [2.75, 3.05) is 16.8 Å². The zero-order valence-corrected chi connectivity index (χ0v) is 14.9. The van der Waals surface area contributed by atoms with Gasteiger partial charge in [0.15, 0.2) is 4.34 Å². The van der Waals surface area contributed by atoms with Crippen LogP contribution in [-0.4, -0.2) is 30.1 Å².